The van der Waals surface area contributed by atoms with Gasteiger partial charge < -0.3 is 14.9 Å². The van der Waals surface area contributed by atoms with Crippen LogP contribution in [0.4, 0.5) is 5.95 Å². The predicted molar refractivity (Wildman–Crippen MR) is 130 cm³/mol. The number of nitrogens with zero attached hydrogens (tertiary/aromatic N) is 5. The Kier molecular flexibility index (Phi) is 8.67. The van der Waals surface area contributed by atoms with E-state index in [2.05, 4.69) is 38.7 Å². The van der Waals surface area contributed by atoms with E-state index >= 15 is 0 Å². The zero-order valence-corrected chi connectivity index (χ0v) is 20.1. The molecule has 0 amide bonds. The number of anilines is 1. The second-order valence-corrected chi connectivity index (χ2v) is 8.77. The van der Waals surface area contributed by atoms with Gasteiger partial charge in [0, 0.05) is 36.6 Å². The molecule has 0 fully saturated rings. The number of aromatic nitrogens is 5. The molecular formula is C23H30N6O3S. The number of phenolic OH excluding ortho intramolecular Hbond substituents is 1. The normalized spacial score (nSPS) is 13.2. The number of para-hydroxylation sites is 1. The molecule has 3 rings (SSSR count). The van der Waals surface area contributed by atoms with E-state index in [1.807, 2.05) is 25.3 Å². The average Bonchev–Trinajstić information content (AvgIpc) is 3.22. The molecule has 2 heterocycles. The Morgan fingerprint density at radius 1 is 1.18 bits per heavy atom. The van der Waals surface area contributed by atoms with Crippen molar-refractivity contribution in [2.45, 2.75) is 44.8 Å². The number of nitrogens with one attached hydrogen (secondary N) is 1. The second kappa shape index (κ2) is 11.7. The zero-order valence-electron chi connectivity index (χ0n) is 19.3. The number of methoxy groups -OCH3 is 1. The van der Waals surface area contributed by atoms with Gasteiger partial charge in [0.05, 0.1) is 18.5 Å². The summed E-state index contributed by atoms with van der Waals surface area (Å²) in [6.07, 6.45) is 8.42. The minimum absolute atomic E-state index is 0.0548. The van der Waals surface area contributed by atoms with Crippen LogP contribution in [0, 0.1) is 6.92 Å². The average molecular weight is 471 g/mol. The smallest absolute Gasteiger partial charge is 0.239 e. The van der Waals surface area contributed by atoms with Crippen molar-refractivity contribution in [1.29, 1.82) is 0 Å². The van der Waals surface area contributed by atoms with Crippen LogP contribution in [0.2, 0.25) is 0 Å². The minimum Gasteiger partial charge on any atom is -0.506 e. The number of aromatic hydroxyl groups is 1. The lowest BCUT2D eigenvalue weighted by atomic mass is 10.1. The summed E-state index contributed by atoms with van der Waals surface area (Å²) in [5, 5.41) is 28.4. The first-order chi connectivity index (χ1) is 16.0. The first-order valence-electron chi connectivity index (χ1n) is 10.7. The Hall–Kier alpha value is -3.11. The molecule has 0 radical (unpaired) electrons. The molecule has 0 aliphatic heterocycles. The van der Waals surface area contributed by atoms with E-state index in [1.54, 1.807) is 36.1 Å². The molecule has 2 atom stereocenters. The number of hydrogen-bond donors (Lipinski definition) is 3. The highest BCUT2D eigenvalue weighted by Gasteiger charge is 2.22. The van der Waals surface area contributed by atoms with Crippen LogP contribution in [0.1, 0.15) is 43.4 Å². The molecule has 0 saturated carbocycles. The summed E-state index contributed by atoms with van der Waals surface area (Å²) in [6.45, 7) is 6.20. The van der Waals surface area contributed by atoms with Gasteiger partial charge in [-0.25, -0.2) is 0 Å². The fourth-order valence-corrected chi connectivity index (χ4v) is 3.92. The van der Waals surface area contributed by atoms with E-state index in [0.717, 1.165) is 11.4 Å². The summed E-state index contributed by atoms with van der Waals surface area (Å²) in [5.74, 6) is 1.79. The molecule has 3 aromatic rings. The summed E-state index contributed by atoms with van der Waals surface area (Å²) >= 11 is 1.50. The molecule has 2 aromatic heterocycles. The van der Waals surface area contributed by atoms with Crippen molar-refractivity contribution in [3.05, 3.63) is 60.0 Å². The maximum atomic E-state index is 10.6. The molecule has 3 N–H and O–H groups in total. The Balaban J connectivity index is 1.87. The number of rotatable bonds is 11. The van der Waals surface area contributed by atoms with Crippen molar-refractivity contribution in [3.8, 4) is 17.2 Å². The van der Waals surface area contributed by atoms with E-state index in [-0.39, 0.29) is 23.5 Å². The van der Waals surface area contributed by atoms with Crippen molar-refractivity contribution < 1.29 is 14.9 Å². The molecule has 2 unspecified atom stereocenters. The van der Waals surface area contributed by atoms with Crippen LogP contribution >= 0.6 is 11.9 Å². The number of ether oxygens (including phenoxy) is 1. The summed E-state index contributed by atoms with van der Waals surface area (Å²) in [6, 6.07) is 5.09. The van der Waals surface area contributed by atoms with Gasteiger partial charge in [0.1, 0.15) is 23.0 Å². The van der Waals surface area contributed by atoms with Crippen molar-refractivity contribution in [2.75, 3.05) is 18.4 Å². The number of benzene rings is 1. The van der Waals surface area contributed by atoms with Gasteiger partial charge in [-0.15, -0.1) is 10.2 Å². The van der Waals surface area contributed by atoms with Gasteiger partial charge in [-0.3, -0.25) is 19.3 Å². The minimum atomic E-state index is 0.0548. The van der Waals surface area contributed by atoms with E-state index in [0.29, 0.717) is 36.1 Å². The maximum absolute atomic E-state index is 10.6. The number of aryl methyl sites for hydroxylation is 1. The monoisotopic (exact) mass is 470 g/mol. The molecule has 0 aliphatic rings. The van der Waals surface area contributed by atoms with E-state index in [1.165, 1.54) is 11.9 Å². The largest absolute Gasteiger partial charge is 0.506 e. The molecule has 33 heavy (non-hydrogen) atoms. The van der Waals surface area contributed by atoms with E-state index in [4.69, 9.17) is 9.84 Å². The lowest BCUT2D eigenvalue weighted by Gasteiger charge is -2.20. The van der Waals surface area contributed by atoms with Crippen LogP contribution in [0.25, 0.3) is 5.69 Å². The van der Waals surface area contributed by atoms with Crippen molar-refractivity contribution in [1.82, 2.24) is 24.7 Å². The van der Waals surface area contributed by atoms with Crippen LogP contribution < -0.4 is 9.46 Å². The molecule has 9 nitrogen and oxygen atoms in total. The number of aliphatic hydroxyl groups excluding tert-OH is 1. The molecule has 176 valence electrons. The zero-order chi connectivity index (χ0) is 23.8. The highest BCUT2D eigenvalue weighted by atomic mass is 32.2. The molecule has 0 saturated heterocycles. The SMILES string of the molecule is COc1cccc(O)c1-n1c(C/C=C\CCO)nnc1NSC(C)C(C)c1cnc(C)cn1. The van der Waals surface area contributed by atoms with Gasteiger partial charge in [0.25, 0.3) is 0 Å². The summed E-state index contributed by atoms with van der Waals surface area (Å²) in [4.78, 5) is 8.84. The predicted octanol–water partition coefficient (Wildman–Crippen LogP) is 3.81. The fourth-order valence-electron chi connectivity index (χ4n) is 3.16. The Morgan fingerprint density at radius 3 is 2.70 bits per heavy atom. The quantitative estimate of drug-likeness (QED) is 0.284. The van der Waals surface area contributed by atoms with Gasteiger partial charge >= 0.3 is 0 Å². The number of allylic oxidation sites excluding steroid dienone is 1. The van der Waals surface area contributed by atoms with Crippen LogP contribution in [-0.2, 0) is 6.42 Å². The first-order valence-corrected chi connectivity index (χ1v) is 11.6. The molecule has 0 bridgehead atoms. The summed E-state index contributed by atoms with van der Waals surface area (Å²) in [7, 11) is 1.55. The summed E-state index contributed by atoms with van der Waals surface area (Å²) in [5.41, 5.74) is 2.26. The third-order valence-corrected chi connectivity index (χ3v) is 6.30. The number of aliphatic hydroxyl groups is 1. The van der Waals surface area contributed by atoms with Crippen LogP contribution in [0.3, 0.4) is 0 Å². The third-order valence-electron chi connectivity index (χ3n) is 5.22. The molecule has 10 heteroatoms. The summed E-state index contributed by atoms with van der Waals surface area (Å²) < 4.78 is 10.6. The van der Waals surface area contributed by atoms with Gasteiger partial charge in [-0.1, -0.05) is 32.1 Å². The lowest BCUT2D eigenvalue weighted by molar-refractivity contribution is 0.302. The number of phenols is 1. The standard InChI is InChI=1S/C23H30N6O3S/c1-15-13-25-18(14-24-15)16(2)17(3)33-28-23-27-26-21(11-6-5-7-12-30)29(23)22-19(31)9-8-10-20(22)32-4/h5-6,8-10,13-14,16-17,30-31H,7,11-12H2,1-4H3,(H,27,28)/b6-5-. The van der Waals surface area contributed by atoms with Crippen molar-refractivity contribution >= 4 is 17.9 Å². The highest BCUT2D eigenvalue weighted by molar-refractivity contribution is 8.01. The highest BCUT2D eigenvalue weighted by Crippen LogP contribution is 2.36. The second-order valence-electron chi connectivity index (χ2n) is 7.59. The molecular weight excluding hydrogens is 440 g/mol. The third kappa shape index (κ3) is 6.02. The van der Waals surface area contributed by atoms with Gasteiger partial charge in [0.15, 0.2) is 0 Å². The molecule has 1 aromatic carbocycles. The van der Waals surface area contributed by atoms with Crippen molar-refractivity contribution in [3.63, 3.8) is 0 Å². The van der Waals surface area contributed by atoms with E-state index in [9.17, 15) is 5.11 Å². The number of hydrogen-bond acceptors (Lipinski definition) is 9. The fraction of sp³-hybridized carbons (Fsp3) is 0.391. The topological polar surface area (TPSA) is 118 Å². The van der Waals surface area contributed by atoms with Gasteiger partial charge in [0.2, 0.25) is 5.95 Å². The lowest BCUT2D eigenvalue weighted by Crippen LogP contribution is -2.14. The molecule has 0 spiro atoms. The van der Waals surface area contributed by atoms with Crippen LogP contribution in [0.15, 0.2) is 42.7 Å². The van der Waals surface area contributed by atoms with Gasteiger partial charge in [-0.05, 0) is 37.4 Å². The molecule has 0 aliphatic carbocycles. The maximum Gasteiger partial charge on any atom is 0.239 e. The first kappa shape index (κ1) is 24.5. The Labute approximate surface area is 198 Å². The van der Waals surface area contributed by atoms with Crippen LogP contribution in [0.5, 0.6) is 11.5 Å². The Morgan fingerprint density at radius 2 is 2.00 bits per heavy atom. The van der Waals surface area contributed by atoms with Gasteiger partial charge in [-0.2, -0.15) is 0 Å². The van der Waals surface area contributed by atoms with Crippen molar-refractivity contribution in [2.24, 2.45) is 0 Å². The van der Waals surface area contributed by atoms with E-state index < -0.39 is 0 Å². The Bertz CT molecular complexity index is 1070. The van der Waals surface area contributed by atoms with Crippen LogP contribution in [-0.4, -0.2) is 53.9 Å².